The van der Waals surface area contributed by atoms with E-state index < -0.39 is 0 Å². The second kappa shape index (κ2) is 6.30. The van der Waals surface area contributed by atoms with Gasteiger partial charge in [0.2, 0.25) is 0 Å². The number of fused-ring (bicyclic) bond motifs is 1. The van der Waals surface area contributed by atoms with Crippen LogP contribution >= 0.6 is 11.8 Å². The summed E-state index contributed by atoms with van der Waals surface area (Å²) in [4.78, 5) is 7.83. The molecule has 1 aromatic heterocycles. The van der Waals surface area contributed by atoms with Crippen LogP contribution in [0.25, 0.3) is 11.0 Å². The number of H-pyrrole nitrogens is 1. The summed E-state index contributed by atoms with van der Waals surface area (Å²) in [5.41, 5.74) is 8.04. The molecule has 1 aromatic carbocycles. The molecule has 104 valence electrons. The fraction of sp³-hybridized carbons (Fsp3) is 0.500. The van der Waals surface area contributed by atoms with Gasteiger partial charge in [0, 0.05) is 6.07 Å². The molecular formula is C14H21N3OS. The van der Waals surface area contributed by atoms with Crippen LogP contribution in [0.1, 0.15) is 32.1 Å². The van der Waals surface area contributed by atoms with Gasteiger partial charge in [-0.3, -0.25) is 0 Å². The number of benzene rings is 1. The predicted octanol–water partition coefficient (Wildman–Crippen LogP) is 3.10. The van der Waals surface area contributed by atoms with Gasteiger partial charge in [-0.05, 0) is 44.4 Å². The van der Waals surface area contributed by atoms with Gasteiger partial charge in [0.25, 0.3) is 0 Å². The van der Waals surface area contributed by atoms with Gasteiger partial charge in [-0.1, -0.05) is 0 Å². The second-order valence-electron chi connectivity index (χ2n) is 4.86. The summed E-state index contributed by atoms with van der Waals surface area (Å²) in [5.74, 6) is 2.75. The van der Waals surface area contributed by atoms with Crippen LogP contribution in [0.2, 0.25) is 0 Å². The standard InChI is InChI=1S/C14H21N3OS/c1-9(2)18-10-4-5-12-13(8-10)17-14(16-12)11(15)6-7-19-3/h4-5,8-9,11H,6-7,15H2,1-3H3,(H,16,17). The number of ether oxygens (including phenoxy) is 1. The third kappa shape index (κ3) is 3.64. The number of hydrogen-bond acceptors (Lipinski definition) is 4. The Balaban J connectivity index is 2.20. The third-order valence-electron chi connectivity index (χ3n) is 2.83. The first-order chi connectivity index (χ1) is 9.10. The average Bonchev–Trinajstić information content (AvgIpc) is 2.78. The maximum absolute atomic E-state index is 6.13. The van der Waals surface area contributed by atoms with Crippen LogP contribution in [0.3, 0.4) is 0 Å². The molecule has 4 nitrogen and oxygen atoms in total. The zero-order valence-corrected chi connectivity index (χ0v) is 12.5. The molecule has 0 aliphatic heterocycles. The Labute approximate surface area is 118 Å². The number of nitrogens with two attached hydrogens (primary N) is 1. The van der Waals surface area contributed by atoms with E-state index in [4.69, 9.17) is 10.5 Å². The molecule has 5 heteroatoms. The van der Waals surface area contributed by atoms with Gasteiger partial charge in [0.1, 0.15) is 11.6 Å². The van der Waals surface area contributed by atoms with Crippen molar-refractivity contribution in [1.29, 1.82) is 0 Å². The Morgan fingerprint density at radius 2 is 2.21 bits per heavy atom. The molecule has 0 saturated carbocycles. The van der Waals surface area contributed by atoms with E-state index >= 15 is 0 Å². The number of nitrogens with one attached hydrogen (secondary N) is 1. The van der Waals surface area contributed by atoms with Crippen LogP contribution in [-0.2, 0) is 0 Å². The second-order valence-corrected chi connectivity index (χ2v) is 5.84. The highest BCUT2D eigenvalue weighted by atomic mass is 32.2. The Hall–Kier alpha value is -1.20. The lowest BCUT2D eigenvalue weighted by atomic mass is 10.2. The first-order valence-corrected chi connectivity index (χ1v) is 7.90. The zero-order chi connectivity index (χ0) is 13.8. The van der Waals surface area contributed by atoms with Crippen molar-refractivity contribution < 1.29 is 4.74 Å². The van der Waals surface area contributed by atoms with E-state index in [-0.39, 0.29) is 12.1 Å². The quantitative estimate of drug-likeness (QED) is 0.853. The molecule has 1 heterocycles. The van der Waals surface area contributed by atoms with Gasteiger partial charge >= 0.3 is 0 Å². The largest absolute Gasteiger partial charge is 0.491 e. The molecule has 0 amide bonds. The van der Waals surface area contributed by atoms with Gasteiger partial charge in [-0.25, -0.2) is 4.98 Å². The van der Waals surface area contributed by atoms with Crippen molar-refractivity contribution in [2.45, 2.75) is 32.4 Å². The number of hydrogen-bond donors (Lipinski definition) is 2. The SMILES string of the molecule is CSCCC(N)c1nc2ccc(OC(C)C)cc2[nH]1. The van der Waals surface area contributed by atoms with Gasteiger partial charge in [0.15, 0.2) is 0 Å². The number of aromatic nitrogens is 2. The summed E-state index contributed by atoms with van der Waals surface area (Å²) in [7, 11) is 0. The number of thioether (sulfide) groups is 1. The highest BCUT2D eigenvalue weighted by Gasteiger charge is 2.11. The van der Waals surface area contributed by atoms with Crippen molar-refractivity contribution >= 4 is 22.8 Å². The Morgan fingerprint density at radius 3 is 2.89 bits per heavy atom. The molecule has 19 heavy (non-hydrogen) atoms. The van der Waals surface area contributed by atoms with Crippen LogP contribution in [0.4, 0.5) is 0 Å². The molecule has 0 spiro atoms. The Morgan fingerprint density at radius 1 is 1.42 bits per heavy atom. The van der Waals surface area contributed by atoms with Gasteiger partial charge in [0.05, 0.1) is 23.2 Å². The fourth-order valence-corrected chi connectivity index (χ4v) is 2.40. The number of nitrogens with zero attached hydrogens (tertiary/aromatic N) is 1. The molecular weight excluding hydrogens is 258 g/mol. The van der Waals surface area contributed by atoms with Crippen molar-refractivity contribution in [2.75, 3.05) is 12.0 Å². The average molecular weight is 279 g/mol. The minimum absolute atomic E-state index is 0.0330. The third-order valence-corrected chi connectivity index (χ3v) is 3.47. The van der Waals surface area contributed by atoms with Crippen LogP contribution in [0.15, 0.2) is 18.2 Å². The topological polar surface area (TPSA) is 63.9 Å². The summed E-state index contributed by atoms with van der Waals surface area (Å²) in [5, 5.41) is 0. The molecule has 1 unspecified atom stereocenters. The highest BCUT2D eigenvalue weighted by Crippen LogP contribution is 2.22. The molecule has 0 fully saturated rings. The van der Waals surface area contributed by atoms with E-state index in [9.17, 15) is 0 Å². The van der Waals surface area contributed by atoms with E-state index in [0.29, 0.717) is 0 Å². The molecule has 0 radical (unpaired) electrons. The van der Waals surface area contributed by atoms with Gasteiger partial charge in [-0.2, -0.15) is 11.8 Å². The summed E-state index contributed by atoms with van der Waals surface area (Å²) in [6.45, 7) is 4.03. The maximum atomic E-state index is 6.13. The van der Waals surface area contributed by atoms with Crippen molar-refractivity contribution in [2.24, 2.45) is 5.73 Å². The van der Waals surface area contributed by atoms with E-state index in [2.05, 4.69) is 16.2 Å². The lowest BCUT2D eigenvalue weighted by Gasteiger charge is -2.08. The van der Waals surface area contributed by atoms with Crippen LogP contribution in [0, 0.1) is 0 Å². The summed E-state index contributed by atoms with van der Waals surface area (Å²) in [6, 6.07) is 5.86. The van der Waals surface area contributed by atoms with E-state index in [1.807, 2.05) is 32.0 Å². The lowest BCUT2D eigenvalue weighted by Crippen LogP contribution is -2.12. The van der Waals surface area contributed by atoms with Crippen LogP contribution in [-0.4, -0.2) is 28.1 Å². The van der Waals surface area contributed by atoms with Crippen molar-refractivity contribution in [3.8, 4) is 5.75 Å². The maximum Gasteiger partial charge on any atom is 0.124 e. The molecule has 0 bridgehead atoms. The molecule has 1 atom stereocenters. The minimum Gasteiger partial charge on any atom is -0.491 e. The molecule has 0 aliphatic carbocycles. The van der Waals surface area contributed by atoms with E-state index in [0.717, 1.165) is 34.8 Å². The van der Waals surface area contributed by atoms with Crippen LogP contribution in [0.5, 0.6) is 5.75 Å². The Kier molecular flexibility index (Phi) is 4.71. The summed E-state index contributed by atoms with van der Waals surface area (Å²) < 4.78 is 5.67. The first kappa shape index (κ1) is 14.2. The molecule has 0 aliphatic rings. The summed E-state index contributed by atoms with van der Waals surface area (Å²) in [6.07, 6.45) is 3.18. The first-order valence-electron chi connectivity index (χ1n) is 6.51. The minimum atomic E-state index is -0.0330. The Bertz CT molecular complexity index is 538. The summed E-state index contributed by atoms with van der Waals surface area (Å²) >= 11 is 1.80. The molecule has 2 rings (SSSR count). The zero-order valence-electron chi connectivity index (χ0n) is 11.6. The predicted molar refractivity (Wildman–Crippen MR) is 81.8 cm³/mol. The van der Waals surface area contributed by atoms with Crippen molar-refractivity contribution in [3.63, 3.8) is 0 Å². The van der Waals surface area contributed by atoms with Gasteiger partial charge < -0.3 is 15.5 Å². The number of aromatic amines is 1. The lowest BCUT2D eigenvalue weighted by molar-refractivity contribution is 0.242. The van der Waals surface area contributed by atoms with Crippen molar-refractivity contribution in [3.05, 3.63) is 24.0 Å². The fourth-order valence-electron chi connectivity index (χ4n) is 1.91. The van der Waals surface area contributed by atoms with Crippen LogP contribution < -0.4 is 10.5 Å². The normalized spacial score (nSPS) is 13.1. The van der Waals surface area contributed by atoms with E-state index in [1.165, 1.54) is 0 Å². The van der Waals surface area contributed by atoms with Crippen molar-refractivity contribution in [1.82, 2.24) is 9.97 Å². The van der Waals surface area contributed by atoms with E-state index in [1.54, 1.807) is 11.8 Å². The molecule has 0 saturated heterocycles. The smallest absolute Gasteiger partial charge is 0.124 e. The molecule has 2 aromatic rings. The molecule has 3 N–H and O–H groups in total. The number of imidazole rings is 1. The monoisotopic (exact) mass is 279 g/mol. The van der Waals surface area contributed by atoms with Gasteiger partial charge in [-0.15, -0.1) is 0 Å². The number of rotatable bonds is 6. The highest BCUT2D eigenvalue weighted by molar-refractivity contribution is 7.98.